The van der Waals surface area contributed by atoms with E-state index in [-0.39, 0.29) is 23.4 Å². The number of sulfonamides is 1. The van der Waals surface area contributed by atoms with Crippen LogP contribution in [0.15, 0.2) is 72.7 Å². The number of nitrogens with zero attached hydrogens (tertiary/aromatic N) is 6. The first-order valence-corrected chi connectivity index (χ1v) is 13.2. The lowest BCUT2D eigenvalue weighted by molar-refractivity contribution is -0.127. The highest BCUT2D eigenvalue weighted by Crippen LogP contribution is 2.33. The number of piperidine rings is 1. The molecule has 12 heteroatoms. The van der Waals surface area contributed by atoms with E-state index in [2.05, 4.69) is 26.3 Å². The third kappa shape index (κ3) is 4.93. The molecule has 3 N–H and O–H groups in total. The van der Waals surface area contributed by atoms with E-state index in [9.17, 15) is 13.2 Å². The second kappa shape index (κ2) is 10.1. The van der Waals surface area contributed by atoms with Gasteiger partial charge in [-0.2, -0.15) is 5.10 Å². The summed E-state index contributed by atoms with van der Waals surface area (Å²) in [5, 5.41) is 5.51. The van der Waals surface area contributed by atoms with Gasteiger partial charge in [-0.1, -0.05) is 30.8 Å². The molecule has 0 aliphatic carbocycles. The van der Waals surface area contributed by atoms with Crippen molar-refractivity contribution >= 4 is 32.8 Å². The quantitative estimate of drug-likeness (QED) is 0.354. The Kier molecular flexibility index (Phi) is 6.68. The molecule has 4 heterocycles. The van der Waals surface area contributed by atoms with Crippen molar-refractivity contribution in [2.45, 2.75) is 30.3 Å². The zero-order valence-electron chi connectivity index (χ0n) is 20.0. The Morgan fingerprint density at radius 1 is 1.16 bits per heavy atom. The fourth-order valence-corrected chi connectivity index (χ4v) is 5.50. The molecule has 0 spiro atoms. The van der Waals surface area contributed by atoms with Crippen LogP contribution in [0.2, 0.25) is 0 Å². The number of likely N-dealkylation sites (tertiary alicyclic amines) is 1. The van der Waals surface area contributed by atoms with Crippen LogP contribution >= 0.6 is 0 Å². The summed E-state index contributed by atoms with van der Waals surface area (Å²) in [6, 6.07) is 10.2. The van der Waals surface area contributed by atoms with Gasteiger partial charge in [0.05, 0.1) is 16.3 Å². The molecule has 4 aromatic rings. The molecule has 1 saturated heterocycles. The number of nitrogens with two attached hydrogens (primary N) is 1. The monoisotopic (exact) mass is 518 g/mol. The van der Waals surface area contributed by atoms with Crippen molar-refractivity contribution in [3.8, 4) is 11.3 Å². The van der Waals surface area contributed by atoms with Crippen LogP contribution in [-0.4, -0.2) is 57.0 Å². The summed E-state index contributed by atoms with van der Waals surface area (Å²) in [6.45, 7) is 4.90. The van der Waals surface area contributed by atoms with Crippen molar-refractivity contribution in [3.05, 3.63) is 73.3 Å². The number of rotatable bonds is 7. The van der Waals surface area contributed by atoms with Crippen LogP contribution in [0.4, 0.5) is 5.82 Å². The Hall–Kier alpha value is -4.16. The van der Waals surface area contributed by atoms with Crippen molar-refractivity contribution in [1.82, 2.24) is 34.4 Å². The second-order valence-corrected chi connectivity index (χ2v) is 10.5. The molecule has 0 radical (unpaired) electrons. The average molecular weight is 519 g/mol. The van der Waals surface area contributed by atoms with Gasteiger partial charge < -0.3 is 10.6 Å². The second-order valence-electron chi connectivity index (χ2n) is 8.74. The van der Waals surface area contributed by atoms with Crippen molar-refractivity contribution in [2.75, 3.05) is 18.8 Å². The van der Waals surface area contributed by atoms with Crippen LogP contribution in [-0.2, 0) is 21.4 Å². The predicted molar refractivity (Wildman–Crippen MR) is 138 cm³/mol. The predicted octanol–water partition coefficient (Wildman–Crippen LogP) is 2.30. The van der Waals surface area contributed by atoms with Crippen LogP contribution in [0.1, 0.15) is 24.4 Å². The lowest BCUT2D eigenvalue weighted by Crippen LogP contribution is -2.40. The Morgan fingerprint density at radius 2 is 1.92 bits per heavy atom. The molecule has 0 unspecified atom stereocenters. The Bertz CT molecular complexity index is 1550. The zero-order chi connectivity index (χ0) is 26.0. The van der Waals surface area contributed by atoms with Gasteiger partial charge in [0.2, 0.25) is 15.9 Å². The molecule has 1 amide bonds. The molecule has 37 heavy (non-hydrogen) atoms. The SMILES string of the molecule is C=CC(=O)N1CCC[C@@H](n2nc(-c3ccc(CNS(=O)(=O)c4ccncc4)cc3)c3c(N)ncnc32)C1. The van der Waals surface area contributed by atoms with E-state index in [4.69, 9.17) is 10.8 Å². The van der Waals surface area contributed by atoms with E-state index in [1.165, 1.54) is 36.9 Å². The normalized spacial score (nSPS) is 16.1. The topological polar surface area (TPSA) is 149 Å². The fraction of sp³-hybridized carbons (Fsp3) is 0.240. The van der Waals surface area contributed by atoms with Crippen molar-refractivity contribution in [1.29, 1.82) is 0 Å². The molecule has 11 nitrogen and oxygen atoms in total. The van der Waals surface area contributed by atoms with E-state index in [1.54, 1.807) is 4.90 Å². The molecule has 1 atom stereocenters. The van der Waals surface area contributed by atoms with Gasteiger partial charge in [-0.15, -0.1) is 0 Å². The molecular weight excluding hydrogens is 492 g/mol. The summed E-state index contributed by atoms with van der Waals surface area (Å²) in [5.74, 6) is 0.209. The van der Waals surface area contributed by atoms with Crippen LogP contribution in [0.5, 0.6) is 0 Å². The third-order valence-electron chi connectivity index (χ3n) is 6.40. The number of carbonyl (C=O) groups excluding carboxylic acids is 1. The number of hydrogen-bond donors (Lipinski definition) is 2. The number of pyridine rings is 1. The molecule has 1 fully saturated rings. The summed E-state index contributed by atoms with van der Waals surface area (Å²) >= 11 is 0. The van der Waals surface area contributed by atoms with Gasteiger partial charge in [-0.05, 0) is 36.6 Å². The summed E-state index contributed by atoms with van der Waals surface area (Å²) in [6.07, 6.45) is 7.29. The van der Waals surface area contributed by atoms with E-state index in [0.29, 0.717) is 35.6 Å². The minimum Gasteiger partial charge on any atom is -0.383 e. The summed E-state index contributed by atoms with van der Waals surface area (Å²) in [5.41, 5.74) is 9.06. The zero-order valence-corrected chi connectivity index (χ0v) is 20.8. The maximum Gasteiger partial charge on any atom is 0.246 e. The van der Waals surface area contributed by atoms with Crippen molar-refractivity contribution in [2.24, 2.45) is 0 Å². The number of hydrogen-bond acceptors (Lipinski definition) is 8. The number of carbonyl (C=O) groups is 1. The molecule has 5 rings (SSSR count). The molecule has 1 aliphatic rings. The third-order valence-corrected chi connectivity index (χ3v) is 7.82. The lowest BCUT2D eigenvalue weighted by Gasteiger charge is -2.32. The first-order valence-electron chi connectivity index (χ1n) is 11.8. The number of amides is 1. The molecule has 1 aliphatic heterocycles. The summed E-state index contributed by atoms with van der Waals surface area (Å²) in [4.78, 5) is 26.6. The lowest BCUT2D eigenvalue weighted by atomic mass is 10.1. The smallest absolute Gasteiger partial charge is 0.246 e. The first-order chi connectivity index (χ1) is 17.9. The molecule has 0 bridgehead atoms. The Labute approximate surface area is 214 Å². The molecular formula is C25H26N8O3S. The van der Waals surface area contributed by atoms with Gasteiger partial charge in [0.25, 0.3) is 0 Å². The Balaban J connectivity index is 1.42. The van der Waals surface area contributed by atoms with Crippen LogP contribution in [0.3, 0.4) is 0 Å². The maximum absolute atomic E-state index is 12.5. The van der Waals surface area contributed by atoms with E-state index in [0.717, 1.165) is 24.0 Å². The number of benzene rings is 1. The average Bonchev–Trinajstić information content (AvgIpc) is 3.33. The number of nitrogen functional groups attached to an aromatic ring is 1. The minimum atomic E-state index is -3.65. The first kappa shape index (κ1) is 24.5. The van der Waals surface area contributed by atoms with Gasteiger partial charge in [0.15, 0.2) is 5.65 Å². The van der Waals surface area contributed by atoms with Crippen molar-refractivity contribution in [3.63, 3.8) is 0 Å². The van der Waals surface area contributed by atoms with Crippen LogP contribution < -0.4 is 10.5 Å². The largest absolute Gasteiger partial charge is 0.383 e. The van der Waals surface area contributed by atoms with Crippen molar-refractivity contribution < 1.29 is 13.2 Å². The van der Waals surface area contributed by atoms with Gasteiger partial charge in [0, 0.05) is 37.6 Å². The van der Waals surface area contributed by atoms with Gasteiger partial charge in [-0.3, -0.25) is 9.78 Å². The molecule has 3 aromatic heterocycles. The molecule has 1 aromatic carbocycles. The summed E-state index contributed by atoms with van der Waals surface area (Å²) < 4.78 is 29.4. The van der Waals surface area contributed by atoms with Gasteiger partial charge >= 0.3 is 0 Å². The maximum atomic E-state index is 12.5. The fourth-order valence-electron chi connectivity index (χ4n) is 4.50. The number of anilines is 1. The van der Waals surface area contributed by atoms with E-state index >= 15 is 0 Å². The minimum absolute atomic E-state index is 0.0648. The van der Waals surface area contributed by atoms with E-state index < -0.39 is 10.0 Å². The highest BCUT2D eigenvalue weighted by molar-refractivity contribution is 7.89. The number of aromatic nitrogens is 5. The number of fused-ring (bicyclic) bond motifs is 1. The standard InChI is InChI=1S/C25H26N8O3S/c1-2-21(34)32-13-3-4-19(15-32)33-25-22(24(26)28-16-29-25)23(31-33)18-7-5-17(6-8-18)14-30-37(35,36)20-9-11-27-12-10-20/h2,5-12,16,19,30H,1,3-4,13-15H2,(H2,26,28,29)/t19-/m1/s1. The molecule has 190 valence electrons. The van der Waals surface area contributed by atoms with Crippen LogP contribution in [0.25, 0.3) is 22.3 Å². The highest BCUT2D eigenvalue weighted by atomic mass is 32.2. The number of nitrogens with one attached hydrogen (secondary N) is 1. The molecule has 0 saturated carbocycles. The highest BCUT2D eigenvalue weighted by Gasteiger charge is 2.28. The summed E-state index contributed by atoms with van der Waals surface area (Å²) in [7, 11) is -3.65. The van der Waals surface area contributed by atoms with Gasteiger partial charge in [0.1, 0.15) is 17.8 Å². The Morgan fingerprint density at radius 3 is 2.65 bits per heavy atom. The van der Waals surface area contributed by atoms with E-state index in [1.807, 2.05) is 28.9 Å². The van der Waals surface area contributed by atoms with Gasteiger partial charge in [-0.25, -0.2) is 27.8 Å². The van der Waals surface area contributed by atoms with Crippen LogP contribution in [0, 0.1) is 0 Å².